The van der Waals surface area contributed by atoms with E-state index in [0.717, 1.165) is 11.5 Å². The van der Waals surface area contributed by atoms with Crippen LogP contribution < -0.4 is 10.1 Å². The first-order valence-corrected chi connectivity index (χ1v) is 9.20. The predicted octanol–water partition coefficient (Wildman–Crippen LogP) is 2.63. The average molecular weight is 353 g/mol. The highest BCUT2D eigenvalue weighted by Crippen LogP contribution is 2.29. The van der Waals surface area contributed by atoms with E-state index >= 15 is 0 Å². The zero-order valence-electron chi connectivity index (χ0n) is 14.4. The SMILES string of the molecule is CCN(CC)S(=O)(=O)c1ccc(OC)c(NCc2cc(C)on2)c1. The van der Waals surface area contributed by atoms with E-state index in [2.05, 4.69) is 10.5 Å². The Balaban J connectivity index is 2.30. The van der Waals surface area contributed by atoms with Gasteiger partial charge in [-0.2, -0.15) is 4.31 Å². The van der Waals surface area contributed by atoms with Crippen LogP contribution in [0.3, 0.4) is 0 Å². The van der Waals surface area contributed by atoms with Crippen LogP contribution in [0.25, 0.3) is 0 Å². The summed E-state index contributed by atoms with van der Waals surface area (Å²) in [5, 5.41) is 7.06. The molecule has 0 atom stereocenters. The lowest BCUT2D eigenvalue weighted by Crippen LogP contribution is -2.30. The van der Waals surface area contributed by atoms with E-state index in [0.29, 0.717) is 31.1 Å². The van der Waals surface area contributed by atoms with Crippen LogP contribution in [0.1, 0.15) is 25.3 Å². The Morgan fingerprint density at radius 1 is 1.25 bits per heavy atom. The van der Waals surface area contributed by atoms with Gasteiger partial charge < -0.3 is 14.6 Å². The Bertz CT molecular complexity index is 782. The van der Waals surface area contributed by atoms with E-state index in [9.17, 15) is 8.42 Å². The van der Waals surface area contributed by atoms with Crippen LogP contribution in [0, 0.1) is 6.92 Å². The number of anilines is 1. The van der Waals surface area contributed by atoms with Gasteiger partial charge in [0.05, 0.1) is 24.2 Å². The molecule has 132 valence electrons. The molecule has 0 amide bonds. The summed E-state index contributed by atoms with van der Waals surface area (Å²) in [6.45, 7) is 6.70. The van der Waals surface area contributed by atoms with Crippen molar-refractivity contribution < 1.29 is 17.7 Å². The van der Waals surface area contributed by atoms with Gasteiger partial charge in [-0.1, -0.05) is 19.0 Å². The fourth-order valence-electron chi connectivity index (χ4n) is 2.39. The molecule has 0 aliphatic heterocycles. The van der Waals surface area contributed by atoms with Crippen LogP contribution in [0.15, 0.2) is 33.7 Å². The number of aryl methyl sites for hydroxylation is 1. The maximum absolute atomic E-state index is 12.7. The maximum Gasteiger partial charge on any atom is 0.243 e. The van der Waals surface area contributed by atoms with E-state index in [-0.39, 0.29) is 4.90 Å². The monoisotopic (exact) mass is 353 g/mol. The molecule has 1 aromatic carbocycles. The van der Waals surface area contributed by atoms with Gasteiger partial charge in [-0.3, -0.25) is 0 Å². The lowest BCUT2D eigenvalue weighted by molar-refractivity contribution is 0.391. The molecular weight excluding hydrogens is 330 g/mol. The molecule has 1 aromatic heterocycles. The van der Waals surface area contributed by atoms with E-state index in [1.807, 2.05) is 26.8 Å². The smallest absolute Gasteiger partial charge is 0.243 e. The molecule has 0 saturated carbocycles. The minimum Gasteiger partial charge on any atom is -0.495 e. The largest absolute Gasteiger partial charge is 0.495 e. The summed E-state index contributed by atoms with van der Waals surface area (Å²) in [4.78, 5) is 0.228. The van der Waals surface area contributed by atoms with Gasteiger partial charge in [-0.05, 0) is 25.1 Å². The van der Waals surface area contributed by atoms with E-state index < -0.39 is 10.0 Å². The standard InChI is InChI=1S/C16H23N3O4S/c1-5-19(6-2)24(20,21)14-7-8-16(22-4)15(10-14)17-11-13-9-12(3)23-18-13/h7-10,17H,5-6,11H2,1-4H3. The first-order valence-electron chi connectivity index (χ1n) is 7.76. The zero-order chi connectivity index (χ0) is 17.7. The number of hydrogen-bond donors (Lipinski definition) is 1. The summed E-state index contributed by atoms with van der Waals surface area (Å²) in [5.41, 5.74) is 1.32. The highest BCUT2D eigenvalue weighted by molar-refractivity contribution is 7.89. The fraction of sp³-hybridized carbons (Fsp3) is 0.438. The summed E-state index contributed by atoms with van der Waals surface area (Å²) >= 11 is 0. The summed E-state index contributed by atoms with van der Waals surface area (Å²) < 4.78 is 37.1. The number of benzene rings is 1. The van der Waals surface area contributed by atoms with E-state index in [4.69, 9.17) is 9.26 Å². The van der Waals surface area contributed by atoms with Gasteiger partial charge >= 0.3 is 0 Å². The minimum atomic E-state index is -3.52. The number of nitrogens with zero attached hydrogens (tertiary/aromatic N) is 2. The molecule has 0 aliphatic carbocycles. The normalized spacial score (nSPS) is 11.7. The first-order chi connectivity index (χ1) is 11.4. The Morgan fingerprint density at radius 2 is 1.96 bits per heavy atom. The van der Waals surface area contributed by atoms with Crippen molar-refractivity contribution in [1.82, 2.24) is 9.46 Å². The molecule has 0 spiro atoms. The molecule has 0 aliphatic rings. The lowest BCUT2D eigenvalue weighted by Gasteiger charge is -2.19. The van der Waals surface area contributed by atoms with Crippen LogP contribution in [-0.2, 0) is 16.6 Å². The van der Waals surface area contributed by atoms with Crippen LogP contribution in [0.5, 0.6) is 5.75 Å². The number of rotatable bonds is 8. The van der Waals surface area contributed by atoms with Crippen molar-refractivity contribution >= 4 is 15.7 Å². The molecule has 8 heteroatoms. The van der Waals surface area contributed by atoms with Crippen molar-refractivity contribution in [3.05, 3.63) is 35.7 Å². The Hall–Kier alpha value is -2.06. The number of nitrogens with one attached hydrogen (secondary N) is 1. The van der Waals surface area contributed by atoms with Crippen LogP contribution in [0.2, 0.25) is 0 Å². The van der Waals surface area contributed by atoms with Crippen LogP contribution in [0.4, 0.5) is 5.69 Å². The predicted molar refractivity (Wildman–Crippen MR) is 91.7 cm³/mol. The van der Waals surface area contributed by atoms with Crippen LogP contribution in [-0.4, -0.2) is 38.1 Å². The van der Waals surface area contributed by atoms with Gasteiger partial charge in [0.15, 0.2) is 0 Å². The van der Waals surface area contributed by atoms with Gasteiger partial charge in [0.1, 0.15) is 17.2 Å². The number of sulfonamides is 1. The molecule has 2 aromatic rings. The average Bonchev–Trinajstić information content (AvgIpc) is 2.99. The molecule has 0 saturated heterocycles. The molecular formula is C16H23N3O4S. The number of hydrogen-bond acceptors (Lipinski definition) is 6. The Morgan fingerprint density at radius 3 is 2.50 bits per heavy atom. The van der Waals surface area contributed by atoms with Gasteiger partial charge in [0, 0.05) is 19.2 Å². The fourth-order valence-corrected chi connectivity index (χ4v) is 3.87. The second-order valence-electron chi connectivity index (χ2n) is 5.23. The van der Waals surface area contributed by atoms with Crippen molar-refractivity contribution in [3.63, 3.8) is 0 Å². The third-order valence-corrected chi connectivity index (χ3v) is 5.70. The topological polar surface area (TPSA) is 84.7 Å². The van der Waals surface area contributed by atoms with Gasteiger partial charge in [-0.25, -0.2) is 8.42 Å². The first kappa shape index (κ1) is 18.3. The third kappa shape index (κ3) is 3.88. The summed E-state index contributed by atoms with van der Waals surface area (Å²) in [6, 6.07) is 6.60. The summed E-state index contributed by atoms with van der Waals surface area (Å²) in [6.07, 6.45) is 0. The van der Waals surface area contributed by atoms with Crippen molar-refractivity contribution in [2.75, 3.05) is 25.5 Å². The second-order valence-corrected chi connectivity index (χ2v) is 7.17. The molecule has 0 unspecified atom stereocenters. The van der Waals surface area contributed by atoms with E-state index in [1.165, 1.54) is 4.31 Å². The third-order valence-electron chi connectivity index (χ3n) is 3.65. The van der Waals surface area contributed by atoms with Crippen molar-refractivity contribution in [3.8, 4) is 5.75 Å². The van der Waals surface area contributed by atoms with Crippen molar-refractivity contribution in [1.29, 1.82) is 0 Å². The number of aromatic nitrogens is 1. The molecule has 1 N–H and O–H groups in total. The quantitative estimate of drug-likeness (QED) is 0.785. The molecule has 0 fully saturated rings. The molecule has 1 heterocycles. The van der Waals surface area contributed by atoms with Gasteiger partial charge in [0.25, 0.3) is 0 Å². The minimum absolute atomic E-state index is 0.228. The van der Waals surface area contributed by atoms with Crippen molar-refractivity contribution in [2.24, 2.45) is 0 Å². The molecule has 0 bridgehead atoms. The lowest BCUT2D eigenvalue weighted by atomic mass is 10.2. The van der Waals surface area contributed by atoms with Gasteiger partial charge in [-0.15, -0.1) is 0 Å². The molecule has 2 rings (SSSR count). The van der Waals surface area contributed by atoms with Crippen molar-refractivity contribution in [2.45, 2.75) is 32.2 Å². The number of methoxy groups -OCH3 is 1. The highest BCUT2D eigenvalue weighted by Gasteiger charge is 2.22. The second kappa shape index (κ2) is 7.67. The van der Waals surface area contributed by atoms with E-state index in [1.54, 1.807) is 25.3 Å². The molecule has 0 radical (unpaired) electrons. The van der Waals surface area contributed by atoms with Crippen LogP contribution >= 0.6 is 0 Å². The Labute approximate surface area is 142 Å². The maximum atomic E-state index is 12.7. The number of ether oxygens (including phenoxy) is 1. The molecule has 24 heavy (non-hydrogen) atoms. The molecule has 7 nitrogen and oxygen atoms in total. The highest BCUT2D eigenvalue weighted by atomic mass is 32.2. The Kier molecular flexibility index (Phi) is 5.84. The summed E-state index contributed by atoms with van der Waals surface area (Å²) in [5.74, 6) is 1.28. The van der Waals surface area contributed by atoms with Gasteiger partial charge in [0.2, 0.25) is 10.0 Å². The summed E-state index contributed by atoms with van der Waals surface area (Å²) in [7, 11) is -1.98. The zero-order valence-corrected chi connectivity index (χ0v) is 15.2.